The van der Waals surface area contributed by atoms with Crippen molar-refractivity contribution in [1.82, 2.24) is 34.6 Å². The van der Waals surface area contributed by atoms with Gasteiger partial charge in [0, 0.05) is 31.2 Å². The van der Waals surface area contributed by atoms with Crippen LogP contribution < -0.4 is 10.6 Å². The van der Waals surface area contributed by atoms with E-state index in [-0.39, 0.29) is 0 Å². The lowest BCUT2D eigenvalue weighted by Crippen LogP contribution is -2.29. The minimum Gasteiger partial charge on any atom is -0.393 e. The average molecular weight is 390 g/mol. The first-order chi connectivity index (χ1) is 14.3. The van der Waals surface area contributed by atoms with Gasteiger partial charge in [-0.05, 0) is 25.9 Å². The Bertz CT molecular complexity index is 999. The number of imidazole rings is 1. The molecule has 3 aromatic rings. The third-order valence-electron chi connectivity index (χ3n) is 5.03. The van der Waals surface area contributed by atoms with Gasteiger partial charge >= 0.3 is 0 Å². The monoisotopic (exact) mass is 390 g/mol. The number of hydrogen-bond donors (Lipinski definition) is 2. The van der Waals surface area contributed by atoms with Crippen LogP contribution >= 0.6 is 0 Å². The first-order valence-electron chi connectivity index (χ1n) is 9.91. The zero-order valence-electron chi connectivity index (χ0n) is 16.7. The van der Waals surface area contributed by atoms with Crippen LogP contribution in [-0.2, 0) is 6.54 Å². The number of anilines is 2. The molecule has 3 aromatic heterocycles. The van der Waals surface area contributed by atoms with E-state index in [0.717, 1.165) is 48.1 Å². The van der Waals surface area contributed by atoms with Crippen molar-refractivity contribution in [3.05, 3.63) is 61.4 Å². The Morgan fingerprint density at radius 2 is 1.90 bits per heavy atom. The van der Waals surface area contributed by atoms with E-state index in [9.17, 15) is 0 Å². The first-order valence-corrected chi connectivity index (χ1v) is 9.91. The van der Waals surface area contributed by atoms with E-state index in [2.05, 4.69) is 42.0 Å². The standard InChI is InChI=1S/C21H26N8/c1-3-16(11-22-2)18-14-26-21-20(23-7-10-29(18)21)27-17-12-24-19(25-13-17)15-28-8-5-4-6-9-28/h3,7,10-14,22H,1,4-6,8-9,15H2,2H3,(H,23,27)/b16-11+. The zero-order chi connectivity index (χ0) is 20.1. The number of nitrogens with zero attached hydrogens (tertiary/aromatic N) is 6. The van der Waals surface area contributed by atoms with E-state index in [1.54, 1.807) is 24.7 Å². The summed E-state index contributed by atoms with van der Waals surface area (Å²) in [4.78, 5) is 20.4. The van der Waals surface area contributed by atoms with Crippen molar-refractivity contribution < 1.29 is 0 Å². The predicted octanol–water partition coefficient (Wildman–Crippen LogP) is 3.00. The summed E-state index contributed by atoms with van der Waals surface area (Å²) in [6, 6.07) is 0. The van der Waals surface area contributed by atoms with Gasteiger partial charge in [-0.25, -0.2) is 19.9 Å². The summed E-state index contributed by atoms with van der Waals surface area (Å²) in [5, 5.41) is 6.32. The molecule has 0 radical (unpaired) electrons. The van der Waals surface area contributed by atoms with Crippen molar-refractivity contribution in [3.8, 4) is 0 Å². The number of piperidine rings is 1. The Morgan fingerprint density at radius 1 is 1.10 bits per heavy atom. The van der Waals surface area contributed by atoms with Crippen LogP contribution in [0.1, 0.15) is 30.8 Å². The van der Waals surface area contributed by atoms with E-state index in [1.807, 2.05) is 30.0 Å². The molecule has 4 heterocycles. The summed E-state index contributed by atoms with van der Waals surface area (Å²) in [7, 11) is 1.86. The van der Waals surface area contributed by atoms with Crippen molar-refractivity contribution in [2.75, 3.05) is 25.5 Å². The minimum absolute atomic E-state index is 0.652. The second-order valence-electron chi connectivity index (χ2n) is 7.06. The first kappa shape index (κ1) is 19.1. The normalized spacial score (nSPS) is 15.4. The van der Waals surface area contributed by atoms with E-state index in [4.69, 9.17) is 0 Å². The van der Waals surface area contributed by atoms with Crippen LogP contribution in [0.25, 0.3) is 11.2 Å². The number of hydrogen-bond acceptors (Lipinski definition) is 7. The molecule has 0 unspecified atom stereocenters. The number of aromatic nitrogens is 5. The molecule has 1 fully saturated rings. The number of allylic oxidation sites excluding steroid dienone is 2. The smallest absolute Gasteiger partial charge is 0.180 e. The molecule has 0 aromatic carbocycles. The lowest BCUT2D eigenvalue weighted by molar-refractivity contribution is 0.216. The molecule has 29 heavy (non-hydrogen) atoms. The molecule has 1 aliphatic rings. The van der Waals surface area contributed by atoms with Gasteiger partial charge in [0.25, 0.3) is 0 Å². The van der Waals surface area contributed by atoms with Crippen LogP contribution in [0.5, 0.6) is 0 Å². The van der Waals surface area contributed by atoms with Crippen molar-refractivity contribution in [3.63, 3.8) is 0 Å². The van der Waals surface area contributed by atoms with Crippen LogP contribution in [0, 0.1) is 0 Å². The highest BCUT2D eigenvalue weighted by atomic mass is 15.2. The van der Waals surface area contributed by atoms with Gasteiger partial charge in [0.2, 0.25) is 0 Å². The highest BCUT2D eigenvalue weighted by Crippen LogP contribution is 2.22. The molecule has 1 saturated heterocycles. The van der Waals surface area contributed by atoms with E-state index in [1.165, 1.54) is 19.3 Å². The Labute approximate surface area is 170 Å². The number of likely N-dealkylation sites (tertiary alicyclic amines) is 1. The number of rotatable bonds is 7. The molecule has 4 rings (SSSR count). The summed E-state index contributed by atoms with van der Waals surface area (Å²) in [5.74, 6) is 1.50. The summed E-state index contributed by atoms with van der Waals surface area (Å²) in [5.41, 5.74) is 3.39. The quantitative estimate of drug-likeness (QED) is 0.600. The summed E-state index contributed by atoms with van der Waals surface area (Å²) in [6.07, 6.45) is 16.6. The molecule has 0 atom stereocenters. The predicted molar refractivity (Wildman–Crippen MR) is 115 cm³/mol. The van der Waals surface area contributed by atoms with Gasteiger partial charge < -0.3 is 10.6 Å². The highest BCUT2D eigenvalue weighted by molar-refractivity contribution is 5.76. The van der Waals surface area contributed by atoms with E-state index in [0.29, 0.717) is 5.82 Å². The maximum atomic E-state index is 4.53. The molecule has 0 spiro atoms. The SMILES string of the molecule is C=C/C(=C\NC)c1cnc2c(Nc3cnc(CN4CCCCC4)nc3)nccn12. The molecule has 0 aliphatic carbocycles. The topological polar surface area (TPSA) is 83.3 Å². The van der Waals surface area contributed by atoms with Crippen LogP contribution in [-0.4, -0.2) is 49.4 Å². The molecule has 8 nitrogen and oxygen atoms in total. The maximum Gasteiger partial charge on any atom is 0.180 e. The fourth-order valence-electron chi connectivity index (χ4n) is 3.57. The highest BCUT2D eigenvalue weighted by Gasteiger charge is 2.13. The largest absolute Gasteiger partial charge is 0.393 e. The lowest BCUT2D eigenvalue weighted by Gasteiger charge is -2.25. The molecule has 1 aliphatic heterocycles. The van der Waals surface area contributed by atoms with Gasteiger partial charge in [-0.15, -0.1) is 0 Å². The van der Waals surface area contributed by atoms with E-state index >= 15 is 0 Å². The molecular weight excluding hydrogens is 364 g/mol. The fraction of sp³-hybridized carbons (Fsp3) is 0.333. The van der Waals surface area contributed by atoms with E-state index < -0.39 is 0 Å². The van der Waals surface area contributed by atoms with Crippen molar-refractivity contribution in [1.29, 1.82) is 0 Å². The molecule has 0 saturated carbocycles. The molecule has 8 heteroatoms. The average Bonchev–Trinajstić information content (AvgIpc) is 3.19. The molecule has 2 N–H and O–H groups in total. The van der Waals surface area contributed by atoms with Gasteiger partial charge in [-0.1, -0.05) is 19.1 Å². The maximum absolute atomic E-state index is 4.53. The third kappa shape index (κ3) is 4.27. The molecule has 150 valence electrons. The van der Waals surface area contributed by atoms with Crippen LogP contribution in [0.15, 0.2) is 49.8 Å². The van der Waals surface area contributed by atoms with Crippen molar-refractivity contribution in [2.24, 2.45) is 0 Å². The second-order valence-corrected chi connectivity index (χ2v) is 7.06. The van der Waals surface area contributed by atoms with Crippen molar-refractivity contribution in [2.45, 2.75) is 25.8 Å². The fourth-order valence-corrected chi connectivity index (χ4v) is 3.57. The molecule has 0 amide bonds. The Hall–Kier alpha value is -3.26. The van der Waals surface area contributed by atoms with Gasteiger partial charge in [-0.3, -0.25) is 9.30 Å². The third-order valence-corrected chi connectivity index (χ3v) is 5.03. The van der Waals surface area contributed by atoms with Crippen LogP contribution in [0.2, 0.25) is 0 Å². The Balaban J connectivity index is 1.52. The van der Waals surface area contributed by atoms with Gasteiger partial charge in [0.15, 0.2) is 11.5 Å². The second kappa shape index (κ2) is 8.83. The number of fused-ring (bicyclic) bond motifs is 1. The molecular formula is C21H26N8. The Morgan fingerprint density at radius 3 is 2.62 bits per heavy atom. The van der Waals surface area contributed by atoms with Crippen molar-refractivity contribution >= 4 is 22.7 Å². The van der Waals surface area contributed by atoms with Gasteiger partial charge in [0.05, 0.1) is 36.5 Å². The number of nitrogens with one attached hydrogen (secondary N) is 2. The summed E-state index contributed by atoms with van der Waals surface area (Å²) >= 11 is 0. The zero-order valence-corrected chi connectivity index (χ0v) is 16.7. The van der Waals surface area contributed by atoms with Crippen LogP contribution in [0.3, 0.4) is 0 Å². The molecule has 0 bridgehead atoms. The summed E-state index contributed by atoms with van der Waals surface area (Å²) < 4.78 is 1.98. The van der Waals surface area contributed by atoms with Crippen LogP contribution in [0.4, 0.5) is 11.5 Å². The minimum atomic E-state index is 0.652. The lowest BCUT2D eigenvalue weighted by atomic mass is 10.1. The van der Waals surface area contributed by atoms with Gasteiger partial charge in [-0.2, -0.15) is 0 Å². The summed E-state index contributed by atoms with van der Waals surface area (Å²) in [6.45, 7) is 6.95. The van der Waals surface area contributed by atoms with Gasteiger partial charge in [0.1, 0.15) is 5.82 Å². The Kier molecular flexibility index (Phi) is 5.81.